The lowest BCUT2D eigenvalue weighted by molar-refractivity contribution is 0.611. The molecule has 0 spiro atoms. The molecule has 1 heterocycles. The van der Waals surface area contributed by atoms with Gasteiger partial charge in [-0.15, -0.1) is 0 Å². The van der Waals surface area contributed by atoms with Crippen molar-refractivity contribution < 1.29 is 4.39 Å². The van der Waals surface area contributed by atoms with E-state index < -0.39 is 0 Å². The Bertz CT molecular complexity index is 316. The summed E-state index contributed by atoms with van der Waals surface area (Å²) in [6.07, 6.45) is 3.31. The third-order valence-electron chi connectivity index (χ3n) is 2.92. The standard InChI is InChI=1S/C12H16FN/c1-2-9-8-10(13)5-6-11(9)12-4-3-7-14-12/h5-6,8,12,14H,2-4,7H2,1H3. The predicted octanol–water partition coefficient (Wildman–Crippen LogP) is 2.81. The lowest BCUT2D eigenvalue weighted by atomic mass is 9.97. The van der Waals surface area contributed by atoms with Gasteiger partial charge in [0.2, 0.25) is 0 Å². The van der Waals surface area contributed by atoms with E-state index in [-0.39, 0.29) is 5.82 Å². The normalized spacial score (nSPS) is 21.4. The van der Waals surface area contributed by atoms with Crippen molar-refractivity contribution >= 4 is 0 Å². The summed E-state index contributed by atoms with van der Waals surface area (Å²) in [7, 11) is 0. The van der Waals surface area contributed by atoms with E-state index in [0.29, 0.717) is 6.04 Å². The molecule has 1 unspecified atom stereocenters. The maximum Gasteiger partial charge on any atom is 0.123 e. The Hall–Kier alpha value is -0.890. The van der Waals surface area contributed by atoms with Crippen molar-refractivity contribution in [3.8, 4) is 0 Å². The van der Waals surface area contributed by atoms with E-state index >= 15 is 0 Å². The number of rotatable bonds is 2. The van der Waals surface area contributed by atoms with E-state index in [9.17, 15) is 4.39 Å². The fourth-order valence-corrected chi connectivity index (χ4v) is 2.17. The zero-order valence-corrected chi connectivity index (χ0v) is 8.52. The van der Waals surface area contributed by atoms with Crippen LogP contribution in [0.2, 0.25) is 0 Å². The molecule has 0 bridgehead atoms. The van der Waals surface area contributed by atoms with Crippen LogP contribution >= 0.6 is 0 Å². The van der Waals surface area contributed by atoms with Crippen molar-refractivity contribution in [3.05, 3.63) is 35.1 Å². The van der Waals surface area contributed by atoms with Crippen LogP contribution in [-0.4, -0.2) is 6.54 Å². The van der Waals surface area contributed by atoms with E-state index in [2.05, 4.69) is 12.2 Å². The SMILES string of the molecule is CCc1cc(F)ccc1C1CCCN1. The first-order valence-corrected chi connectivity index (χ1v) is 5.33. The summed E-state index contributed by atoms with van der Waals surface area (Å²) in [6.45, 7) is 3.17. The first kappa shape index (κ1) is 9.66. The van der Waals surface area contributed by atoms with Crippen LogP contribution in [0.3, 0.4) is 0 Å². The van der Waals surface area contributed by atoms with Gasteiger partial charge in [0.1, 0.15) is 5.82 Å². The van der Waals surface area contributed by atoms with E-state index in [1.54, 1.807) is 12.1 Å². The molecule has 1 nitrogen and oxygen atoms in total. The van der Waals surface area contributed by atoms with Gasteiger partial charge in [0, 0.05) is 6.04 Å². The summed E-state index contributed by atoms with van der Waals surface area (Å²) in [5.74, 6) is -0.122. The van der Waals surface area contributed by atoms with Crippen LogP contribution in [-0.2, 0) is 6.42 Å². The molecule has 1 aromatic carbocycles. The summed E-state index contributed by atoms with van der Waals surface area (Å²) in [4.78, 5) is 0. The largest absolute Gasteiger partial charge is 0.310 e. The molecule has 0 amide bonds. The van der Waals surface area contributed by atoms with Gasteiger partial charge in [-0.1, -0.05) is 13.0 Å². The smallest absolute Gasteiger partial charge is 0.123 e. The van der Waals surface area contributed by atoms with Crippen molar-refractivity contribution in [1.82, 2.24) is 5.32 Å². The van der Waals surface area contributed by atoms with E-state index in [1.165, 1.54) is 18.4 Å². The minimum Gasteiger partial charge on any atom is -0.310 e. The van der Waals surface area contributed by atoms with Gasteiger partial charge in [0.25, 0.3) is 0 Å². The first-order valence-electron chi connectivity index (χ1n) is 5.33. The van der Waals surface area contributed by atoms with Gasteiger partial charge in [-0.25, -0.2) is 4.39 Å². The maximum atomic E-state index is 13.0. The molecule has 1 aromatic rings. The minimum atomic E-state index is -0.122. The summed E-state index contributed by atoms with van der Waals surface area (Å²) < 4.78 is 13.0. The number of aryl methyl sites for hydroxylation is 1. The number of hydrogen-bond donors (Lipinski definition) is 1. The Morgan fingerprint density at radius 3 is 3.00 bits per heavy atom. The molecule has 1 atom stereocenters. The molecule has 14 heavy (non-hydrogen) atoms. The Morgan fingerprint density at radius 2 is 2.36 bits per heavy atom. The lowest BCUT2D eigenvalue weighted by Crippen LogP contribution is -2.14. The Labute approximate surface area is 84.3 Å². The van der Waals surface area contributed by atoms with Crippen LogP contribution in [0, 0.1) is 5.82 Å². The minimum absolute atomic E-state index is 0.122. The van der Waals surface area contributed by atoms with E-state index in [0.717, 1.165) is 18.5 Å². The second-order valence-corrected chi connectivity index (χ2v) is 3.85. The highest BCUT2D eigenvalue weighted by atomic mass is 19.1. The summed E-state index contributed by atoms with van der Waals surface area (Å²) >= 11 is 0. The van der Waals surface area contributed by atoms with Gasteiger partial charge in [-0.3, -0.25) is 0 Å². The molecule has 0 radical (unpaired) electrons. The highest BCUT2D eigenvalue weighted by Crippen LogP contribution is 2.26. The third-order valence-corrected chi connectivity index (χ3v) is 2.92. The van der Waals surface area contributed by atoms with Crippen molar-refractivity contribution in [1.29, 1.82) is 0 Å². The molecule has 1 aliphatic heterocycles. The summed E-state index contributed by atoms with van der Waals surface area (Å²) in [6, 6.07) is 5.60. The van der Waals surface area contributed by atoms with Gasteiger partial charge in [0.05, 0.1) is 0 Å². The molecule has 1 saturated heterocycles. The number of hydrogen-bond acceptors (Lipinski definition) is 1. The van der Waals surface area contributed by atoms with Crippen molar-refractivity contribution in [3.63, 3.8) is 0 Å². The monoisotopic (exact) mass is 193 g/mol. The molecule has 0 aromatic heterocycles. The second-order valence-electron chi connectivity index (χ2n) is 3.85. The quantitative estimate of drug-likeness (QED) is 0.761. The van der Waals surface area contributed by atoms with Crippen LogP contribution in [0.1, 0.15) is 36.9 Å². The van der Waals surface area contributed by atoms with E-state index in [4.69, 9.17) is 0 Å². The first-order chi connectivity index (χ1) is 6.81. The zero-order valence-electron chi connectivity index (χ0n) is 8.52. The fourth-order valence-electron chi connectivity index (χ4n) is 2.17. The molecule has 1 N–H and O–H groups in total. The molecule has 76 valence electrons. The summed E-state index contributed by atoms with van der Waals surface area (Å²) in [5.41, 5.74) is 2.43. The molecule has 2 rings (SSSR count). The highest BCUT2D eigenvalue weighted by molar-refractivity contribution is 5.31. The molecular weight excluding hydrogens is 177 g/mol. The molecule has 1 aliphatic rings. The Kier molecular flexibility index (Phi) is 2.82. The number of nitrogens with one attached hydrogen (secondary N) is 1. The molecule has 0 aliphatic carbocycles. The number of benzene rings is 1. The van der Waals surface area contributed by atoms with Crippen LogP contribution < -0.4 is 5.32 Å². The highest BCUT2D eigenvalue weighted by Gasteiger charge is 2.18. The average molecular weight is 193 g/mol. The summed E-state index contributed by atoms with van der Waals surface area (Å²) in [5, 5.41) is 3.44. The van der Waals surface area contributed by atoms with Gasteiger partial charge < -0.3 is 5.32 Å². The molecular formula is C12H16FN. The van der Waals surface area contributed by atoms with Crippen LogP contribution in [0.25, 0.3) is 0 Å². The van der Waals surface area contributed by atoms with Gasteiger partial charge in [0.15, 0.2) is 0 Å². The van der Waals surface area contributed by atoms with Crippen LogP contribution in [0.4, 0.5) is 4.39 Å². The predicted molar refractivity (Wildman–Crippen MR) is 55.8 cm³/mol. The zero-order chi connectivity index (χ0) is 9.97. The van der Waals surface area contributed by atoms with Gasteiger partial charge in [-0.05, 0) is 49.1 Å². The molecule has 2 heteroatoms. The number of halogens is 1. The Morgan fingerprint density at radius 1 is 1.50 bits per heavy atom. The van der Waals surface area contributed by atoms with Crippen LogP contribution in [0.5, 0.6) is 0 Å². The lowest BCUT2D eigenvalue weighted by Gasteiger charge is -2.14. The van der Waals surface area contributed by atoms with Crippen molar-refractivity contribution in [2.24, 2.45) is 0 Å². The van der Waals surface area contributed by atoms with Gasteiger partial charge in [-0.2, -0.15) is 0 Å². The van der Waals surface area contributed by atoms with E-state index in [1.807, 2.05) is 6.07 Å². The third kappa shape index (κ3) is 1.80. The van der Waals surface area contributed by atoms with Gasteiger partial charge >= 0.3 is 0 Å². The topological polar surface area (TPSA) is 12.0 Å². The Balaban J connectivity index is 2.31. The fraction of sp³-hybridized carbons (Fsp3) is 0.500. The van der Waals surface area contributed by atoms with Crippen molar-refractivity contribution in [2.45, 2.75) is 32.2 Å². The second kappa shape index (κ2) is 4.09. The molecule has 0 saturated carbocycles. The van der Waals surface area contributed by atoms with Crippen LogP contribution in [0.15, 0.2) is 18.2 Å². The van der Waals surface area contributed by atoms with Crippen molar-refractivity contribution in [2.75, 3.05) is 6.54 Å². The average Bonchev–Trinajstić information content (AvgIpc) is 2.70. The molecule has 1 fully saturated rings. The maximum absolute atomic E-state index is 13.0.